The third-order valence-electron chi connectivity index (χ3n) is 3.41. The number of ether oxygens (including phenoxy) is 2. The van der Waals surface area contributed by atoms with Crippen LogP contribution in [0.4, 0.5) is 0 Å². The van der Waals surface area contributed by atoms with Crippen LogP contribution in [0.5, 0.6) is 0 Å². The topological polar surface area (TPSA) is 133 Å². The van der Waals surface area contributed by atoms with Gasteiger partial charge in [-0.1, -0.05) is 11.8 Å². The van der Waals surface area contributed by atoms with E-state index in [1.807, 2.05) is 0 Å². The Morgan fingerprint density at radius 3 is 1.63 bits per heavy atom. The maximum Gasteiger partial charge on any atom is 0.333 e. The Kier molecular flexibility index (Phi) is 19.0. The van der Waals surface area contributed by atoms with Gasteiger partial charge < -0.3 is 14.3 Å². The average molecular weight is 468 g/mol. The maximum absolute atomic E-state index is 11.2. The van der Waals surface area contributed by atoms with Crippen LogP contribution in [0.2, 0.25) is 0 Å². The molecule has 0 radical (unpaired) electrons. The van der Waals surface area contributed by atoms with Crippen LogP contribution in [0, 0.1) is 0 Å². The second-order valence-electron chi connectivity index (χ2n) is 5.48. The molecule has 1 aliphatic rings. The summed E-state index contributed by atoms with van der Waals surface area (Å²) in [5.74, 6) is -2.42. The first-order chi connectivity index (χ1) is 14.2. The summed E-state index contributed by atoms with van der Waals surface area (Å²) in [5, 5.41) is 0.606. The van der Waals surface area contributed by atoms with Gasteiger partial charge in [-0.25, -0.2) is 4.79 Å². The lowest BCUT2D eigenvalue weighted by molar-refractivity contribution is -0.197. The Bertz CT molecular complexity index is 564. The van der Waals surface area contributed by atoms with Crippen LogP contribution < -0.4 is 0 Å². The van der Waals surface area contributed by atoms with Gasteiger partial charge in [-0.2, -0.15) is 12.6 Å². The van der Waals surface area contributed by atoms with E-state index in [1.54, 1.807) is 12.5 Å². The number of nitrogens with zero attached hydrogens (tertiary/aromatic N) is 1. The van der Waals surface area contributed by atoms with E-state index in [2.05, 4.69) is 26.9 Å². The molecule has 0 N–H and O–H groups in total. The molecule has 0 spiro atoms. The quantitative estimate of drug-likeness (QED) is 0.303. The van der Waals surface area contributed by atoms with Gasteiger partial charge in [0.15, 0.2) is 5.12 Å². The number of thioether (sulfide) groups is 1. The largest absolute Gasteiger partial charge is 0.469 e. The number of hydrogen-bond donors (Lipinski definition) is 1. The smallest absolute Gasteiger partial charge is 0.333 e. The molecule has 0 saturated carbocycles. The summed E-state index contributed by atoms with van der Waals surface area (Å²) < 4.78 is 8.80. The lowest BCUT2D eigenvalue weighted by Crippen LogP contribution is -2.32. The number of rotatable bonds is 9. The fraction of sp³-hybridized carbons (Fsp3) is 0.667. The van der Waals surface area contributed by atoms with E-state index in [0.717, 1.165) is 0 Å². The lowest BCUT2D eigenvalue weighted by atomic mass is 10.2. The van der Waals surface area contributed by atoms with Crippen molar-refractivity contribution < 1.29 is 43.1 Å². The van der Waals surface area contributed by atoms with Crippen molar-refractivity contribution in [3.63, 3.8) is 0 Å². The number of carbonyl (C=O) groups is 6. The SMILES string of the molecule is COC(=O)CCCC(=O)ON1C(=O)CCC1=O.COC(=O)CCCC(=O)SC.CS. The summed E-state index contributed by atoms with van der Waals surface area (Å²) in [6.07, 6.45) is 5.23. The molecule has 0 unspecified atom stereocenters. The molecule has 2 amide bonds. The Balaban J connectivity index is 0. The summed E-state index contributed by atoms with van der Waals surface area (Å²) in [5.41, 5.74) is 0. The van der Waals surface area contributed by atoms with Crippen LogP contribution in [0.1, 0.15) is 51.4 Å². The summed E-state index contributed by atoms with van der Waals surface area (Å²) in [4.78, 5) is 70.0. The standard InChI is InChI=1S/C10H13NO6.C7H12O3S.CH4S/c1-16-9(14)3-2-4-10(15)17-11-7(12)5-6-8(11)13;1-10-6(8)4-3-5-7(9)11-2;1-2/h2-6H2,1H3;3-5H2,1-2H3;2H,1H3. The third kappa shape index (κ3) is 14.9. The van der Waals surface area contributed by atoms with Crippen LogP contribution in [0.25, 0.3) is 0 Å². The first kappa shape index (κ1) is 30.1. The lowest BCUT2D eigenvalue weighted by Gasteiger charge is -2.12. The number of imide groups is 1. The van der Waals surface area contributed by atoms with E-state index in [0.29, 0.717) is 24.3 Å². The second-order valence-corrected chi connectivity index (χ2v) is 6.34. The van der Waals surface area contributed by atoms with Crippen LogP contribution in [-0.2, 0) is 43.1 Å². The van der Waals surface area contributed by atoms with E-state index in [4.69, 9.17) is 0 Å². The maximum atomic E-state index is 11.2. The highest BCUT2D eigenvalue weighted by atomic mass is 32.2. The monoisotopic (exact) mass is 467 g/mol. The first-order valence-corrected chi connectivity index (χ1v) is 11.1. The number of thiol groups is 1. The van der Waals surface area contributed by atoms with Gasteiger partial charge in [0.2, 0.25) is 0 Å². The normalized spacial score (nSPS) is 12.1. The van der Waals surface area contributed by atoms with Crippen molar-refractivity contribution in [2.45, 2.75) is 51.4 Å². The summed E-state index contributed by atoms with van der Waals surface area (Å²) in [6.45, 7) is 0. The predicted octanol–water partition coefficient (Wildman–Crippen LogP) is 1.70. The molecule has 0 aromatic heterocycles. The zero-order valence-electron chi connectivity index (χ0n) is 17.6. The summed E-state index contributed by atoms with van der Waals surface area (Å²) in [6, 6.07) is 0. The molecule has 0 aliphatic carbocycles. The highest BCUT2D eigenvalue weighted by molar-refractivity contribution is 8.13. The number of hydroxylamine groups is 2. The molecule has 12 heteroatoms. The minimum absolute atomic E-state index is 0.0494. The molecule has 0 bridgehead atoms. The van der Waals surface area contributed by atoms with Crippen LogP contribution in [-0.4, -0.2) is 66.6 Å². The molecule has 10 nitrogen and oxygen atoms in total. The molecule has 1 fully saturated rings. The molecular weight excluding hydrogens is 438 g/mol. The van der Waals surface area contributed by atoms with Gasteiger partial charge in [-0.15, -0.1) is 5.06 Å². The highest BCUT2D eigenvalue weighted by Gasteiger charge is 2.32. The summed E-state index contributed by atoms with van der Waals surface area (Å²) in [7, 11) is 2.60. The van der Waals surface area contributed by atoms with Crippen molar-refractivity contribution in [2.75, 3.05) is 26.7 Å². The molecule has 0 aromatic carbocycles. The minimum Gasteiger partial charge on any atom is -0.469 e. The molecular formula is C18H29NO9S2. The molecule has 172 valence electrons. The third-order valence-corrected chi connectivity index (χ3v) is 4.06. The minimum atomic E-state index is -0.711. The van der Waals surface area contributed by atoms with Gasteiger partial charge in [-0.05, 0) is 25.4 Å². The highest BCUT2D eigenvalue weighted by Crippen LogP contribution is 2.13. The van der Waals surface area contributed by atoms with Crippen molar-refractivity contribution in [3.8, 4) is 0 Å². The van der Waals surface area contributed by atoms with E-state index in [9.17, 15) is 28.8 Å². The van der Waals surface area contributed by atoms with Gasteiger partial charge >= 0.3 is 17.9 Å². The van der Waals surface area contributed by atoms with Crippen molar-refractivity contribution >= 4 is 59.2 Å². The van der Waals surface area contributed by atoms with E-state index >= 15 is 0 Å². The number of amides is 2. The van der Waals surface area contributed by atoms with Gasteiger partial charge in [0.1, 0.15) is 0 Å². The fourth-order valence-electron chi connectivity index (χ4n) is 1.87. The fourth-order valence-corrected chi connectivity index (χ4v) is 2.21. The average Bonchev–Trinajstić information content (AvgIpc) is 3.07. The summed E-state index contributed by atoms with van der Waals surface area (Å²) >= 11 is 4.72. The van der Waals surface area contributed by atoms with Crippen molar-refractivity contribution in [2.24, 2.45) is 0 Å². The van der Waals surface area contributed by atoms with Crippen molar-refractivity contribution in [1.82, 2.24) is 5.06 Å². The number of methoxy groups -OCH3 is 2. The Morgan fingerprint density at radius 2 is 1.23 bits per heavy atom. The first-order valence-electron chi connectivity index (χ1n) is 8.96. The zero-order chi connectivity index (χ0) is 23.5. The van der Waals surface area contributed by atoms with E-state index in [-0.39, 0.29) is 43.2 Å². The number of carbonyl (C=O) groups excluding carboxylic acids is 6. The van der Waals surface area contributed by atoms with Crippen LogP contribution in [0.15, 0.2) is 0 Å². The van der Waals surface area contributed by atoms with Crippen molar-refractivity contribution in [1.29, 1.82) is 0 Å². The Labute approximate surface area is 185 Å². The van der Waals surface area contributed by atoms with E-state index < -0.39 is 23.8 Å². The number of esters is 2. The molecule has 1 heterocycles. The molecule has 1 rings (SSSR count). The van der Waals surface area contributed by atoms with Gasteiger partial charge in [0, 0.05) is 38.5 Å². The Morgan fingerprint density at radius 1 is 0.833 bits per heavy atom. The van der Waals surface area contributed by atoms with Gasteiger partial charge in [0.25, 0.3) is 11.8 Å². The molecule has 0 atom stereocenters. The van der Waals surface area contributed by atoms with Crippen LogP contribution >= 0.6 is 24.4 Å². The second kappa shape index (κ2) is 18.9. The van der Waals surface area contributed by atoms with Crippen LogP contribution in [0.3, 0.4) is 0 Å². The molecule has 1 aliphatic heterocycles. The van der Waals surface area contributed by atoms with E-state index in [1.165, 1.54) is 26.0 Å². The predicted molar refractivity (Wildman–Crippen MR) is 112 cm³/mol. The number of hydrogen-bond acceptors (Lipinski definition) is 11. The molecule has 1 saturated heterocycles. The van der Waals surface area contributed by atoms with Gasteiger partial charge in [0.05, 0.1) is 14.2 Å². The zero-order valence-corrected chi connectivity index (χ0v) is 19.3. The molecule has 30 heavy (non-hydrogen) atoms. The van der Waals surface area contributed by atoms with Gasteiger partial charge in [-0.3, -0.25) is 24.0 Å². The molecule has 0 aromatic rings. The van der Waals surface area contributed by atoms with Crippen molar-refractivity contribution in [3.05, 3.63) is 0 Å². The Hall–Kier alpha value is -2.08.